The number of carbonyl (C=O) groups excluding carboxylic acids is 1. The molecule has 0 saturated heterocycles. The third-order valence-electron chi connectivity index (χ3n) is 6.23. The number of aromatic nitrogens is 2. The van der Waals surface area contributed by atoms with Gasteiger partial charge in [-0.2, -0.15) is 0 Å². The van der Waals surface area contributed by atoms with Crippen LogP contribution in [-0.4, -0.2) is 21.9 Å². The van der Waals surface area contributed by atoms with Crippen LogP contribution in [0.5, 0.6) is 0 Å². The maximum atomic E-state index is 14.7. The Balaban J connectivity index is 1.64. The fraction of sp³-hybridized carbons (Fsp3) is 0.320. The molecule has 1 aliphatic carbocycles. The third kappa shape index (κ3) is 5.52. The lowest BCUT2D eigenvalue weighted by Crippen LogP contribution is -2.31. The first-order valence-electron chi connectivity index (χ1n) is 11.2. The summed E-state index contributed by atoms with van der Waals surface area (Å²) in [5.74, 6) is -2.00. The van der Waals surface area contributed by atoms with E-state index in [0.717, 1.165) is 37.0 Å². The number of anilines is 1. The lowest BCUT2D eigenvalue weighted by atomic mass is 9.76. The van der Waals surface area contributed by atoms with Crippen molar-refractivity contribution in [3.63, 3.8) is 0 Å². The molecule has 0 aliphatic heterocycles. The van der Waals surface area contributed by atoms with E-state index in [9.17, 15) is 22.4 Å². The molecule has 2 heterocycles. The number of carbonyl (C=O) groups is 1. The quantitative estimate of drug-likeness (QED) is 0.363. The number of halogens is 4. The maximum Gasteiger partial charge on any atom is 0.274 e. The third-order valence-corrected chi connectivity index (χ3v) is 6.69. The molecule has 1 aliphatic rings. The zero-order chi connectivity index (χ0) is 25.3. The Hall–Kier alpha value is -2.90. The van der Waals surface area contributed by atoms with Crippen molar-refractivity contribution in [2.45, 2.75) is 44.6 Å². The molecule has 1 aromatic carbocycles. The van der Waals surface area contributed by atoms with Gasteiger partial charge in [0.25, 0.3) is 12.3 Å². The van der Waals surface area contributed by atoms with Crippen molar-refractivity contribution in [3.05, 3.63) is 71.2 Å². The van der Waals surface area contributed by atoms with Gasteiger partial charge in [0.1, 0.15) is 23.0 Å². The summed E-state index contributed by atoms with van der Waals surface area (Å²) in [6.07, 6.45) is 2.94. The van der Waals surface area contributed by atoms with Gasteiger partial charge in [-0.25, -0.2) is 22.5 Å². The van der Waals surface area contributed by atoms with Crippen LogP contribution in [-0.2, 0) is 0 Å². The molecule has 3 aromatic rings. The summed E-state index contributed by atoms with van der Waals surface area (Å²) in [4.78, 5) is 21.2. The molecule has 4 unspecified atom stereocenters. The number of benzene rings is 1. The van der Waals surface area contributed by atoms with E-state index < -0.39 is 35.2 Å². The van der Waals surface area contributed by atoms with Crippen LogP contribution in [0.2, 0.25) is 0 Å². The van der Waals surface area contributed by atoms with Gasteiger partial charge < -0.3 is 11.1 Å². The Morgan fingerprint density at radius 3 is 2.60 bits per heavy atom. The van der Waals surface area contributed by atoms with Gasteiger partial charge in [-0.15, -0.1) is 9.24 Å². The van der Waals surface area contributed by atoms with E-state index in [1.807, 2.05) is 6.07 Å². The highest BCUT2D eigenvalue weighted by atomic mass is 31.0. The lowest BCUT2D eigenvalue weighted by Gasteiger charge is -2.32. The van der Waals surface area contributed by atoms with Gasteiger partial charge in [-0.1, -0.05) is 6.92 Å². The largest absolute Gasteiger partial charge is 0.328 e. The minimum atomic E-state index is -2.89. The first kappa shape index (κ1) is 25.2. The average Bonchev–Trinajstić information content (AvgIpc) is 2.79. The number of pyridine rings is 2. The minimum Gasteiger partial charge on any atom is -0.328 e. The molecule has 184 valence electrons. The van der Waals surface area contributed by atoms with Crippen LogP contribution in [0.3, 0.4) is 0 Å². The zero-order valence-electron chi connectivity index (χ0n) is 18.9. The topological polar surface area (TPSA) is 80.9 Å². The number of nitrogens with one attached hydrogen (secondary N) is 1. The van der Waals surface area contributed by atoms with Crippen molar-refractivity contribution in [2.75, 3.05) is 5.32 Å². The Morgan fingerprint density at radius 2 is 1.91 bits per heavy atom. The molecule has 5 nitrogen and oxygen atoms in total. The molecule has 2 aromatic heterocycles. The molecular formula is C25H25F4N4OP. The van der Waals surface area contributed by atoms with Crippen LogP contribution < -0.4 is 16.4 Å². The lowest BCUT2D eigenvalue weighted by molar-refractivity contribution is 0.102. The highest BCUT2D eigenvalue weighted by Crippen LogP contribution is 2.38. The average molecular weight is 504 g/mol. The highest BCUT2D eigenvalue weighted by molar-refractivity contribution is 7.28. The van der Waals surface area contributed by atoms with Gasteiger partial charge in [0.2, 0.25) is 0 Å². The smallest absolute Gasteiger partial charge is 0.274 e. The monoisotopic (exact) mass is 504 g/mol. The fourth-order valence-electron chi connectivity index (χ4n) is 4.73. The summed E-state index contributed by atoms with van der Waals surface area (Å²) < 4.78 is 55.3. The Kier molecular flexibility index (Phi) is 7.47. The number of alkyl halides is 2. The Bertz CT molecular complexity index is 1220. The van der Waals surface area contributed by atoms with Crippen molar-refractivity contribution < 1.29 is 22.4 Å². The number of nitrogens with zero attached hydrogens (tertiary/aromatic N) is 2. The highest BCUT2D eigenvalue weighted by Gasteiger charge is 2.28. The number of rotatable bonds is 5. The number of amides is 1. The molecule has 4 atom stereocenters. The molecule has 3 N–H and O–H groups in total. The Labute approximate surface area is 202 Å². The predicted molar refractivity (Wildman–Crippen MR) is 130 cm³/mol. The first-order valence-corrected chi connectivity index (χ1v) is 11.8. The molecule has 0 bridgehead atoms. The summed E-state index contributed by atoms with van der Waals surface area (Å²) in [7, 11) is 2.11. The van der Waals surface area contributed by atoms with Crippen LogP contribution in [0, 0.1) is 17.6 Å². The second-order valence-corrected chi connectivity index (χ2v) is 9.60. The van der Waals surface area contributed by atoms with Gasteiger partial charge in [0.15, 0.2) is 0 Å². The van der Waals surface area contributed by atoms with Crippen LogP contribution >= 0.6 is 9.24 Å². The van der Waals surface area contributed by atoms with Crippen LogP contribution in [0.15, 0.2) is 42.7 Å². The van der Waals surface area contributed by atoms with Crippen molar-refractivity contribution >= 4 is 26.1 Å². The summed E-state index contributed by atoms with van der Waals surface area (Å²) in [5, 5.41) is 2.78. The first-order chi connectivity index (χ1) is 16.6. The van der Waals surface area contributed by atoms with E-state index in [1.54, 1.807) is 6.20 Å². The SMILES string of the molecule is CC1CC(N)CC(c2ccncc2NC(=O)c2ccc(F)c(-c3c(F)cc(C(F)F)cc3P)n2)C1. The summed E-state index contributed by atoms with van der Waals surface area (Å²) in [6, 6.07) is 5.76. The van der Waals surface area contributed by atoms with E-state index in [0.29, 0.717) is 17.7 Å². The fourth-order valence-corrected chi connectivity index (χ4v) is 5.20. The summed E-state index contributed by atoms with van der Waals surface area (Å²) >= 11 is 0. The van der Waals surface area contributed by atoms with E-state index in [2.05, 4.69) is 31.4 Å². The molecule has 10 heteroatoms. The molecule has 0 radical (unpaired) electrons. The van der Waals surface area contributed by atoms with Crippen molar-refractivity contribution in [1.82, 2.24) is 9.97 Å². The minimum absolute atomic E-state index is 0.00145. The van der Waals surface area contributed by atoms with Crippen molar-refractivity contribution in [3.8, 4) is 11.3 Å². The summed E-state index contributed by atoms with van der Waals surface area (Å²) in [5.41, 5.74) is 6.16. The van der Waals surface area contributed by atoms with Crippen LogP contribution in [0.25, 0.3) is 11.3 Å². The molecule has 1 amide bonds. The molecule has 1 fully saturated rings. The Morgan fingerprint density at radius 1 is 1.14 bits per heavy atom. The summed E-state index contributed by atoms with van der Waals surface area (Å²) in [6.45, 7) is 2.14. The zero-order valence-corrected chi connectivity index (χ0v) is 20.1. The predicted octanol–water partition coefficient (Wildman–Crippen LogP) is 5.34. The second-order valence-electron chi connectivity index (χ2n) is 8.98. The van der Waals surface area contributed by atoms with E-state index >= 15 is 0 Å². The molecule has 0 spiro atoms. The standard InChI is InChI=1S/C25H25F4N4OP/c1-12-6-13(8-15(30)7-12)16-4-5-31-11-20(16)33-25(34)19-3-2-17(26)23(32-19)22-18(27)9-14(24(28)29)10-21(22)35/h2-5,9-13,15,24H,6-8,30,35H2,1H3,(H,33,34). The van der Waals surface area contributed by atoms with Gasteiger partial charge in [0, 0.05) is 23.4 Å². The van der Waals surface area contributed by atoms with E-state index in [-0.39, 0.29) is 28.5 Å². The van der Waals surface area contributed by atoms with Crippen LogP contribution in [0.4, 0.5) is 23.2 Å². The number of nitrogens with two attached hydrogens (primary N) is 1. The van der Waals surface area contributed by atoms with E-state index in [1.165, 1.54) is 12.3 Å². The van der Waals surface area contributed by atoms with Gasteiger partial charge >= 0.3 is 0 Å². The maximum absolute atomic E-state index is 14.7. The van der Waals surface area contributed by atoms with Crippen molar-refractivity contribution in [2.24, 2.45) is 11.7 Å². The van der Waals surface area contributed by atoms with Gasteiger partial charge in [0.05, 0.1) is 11.9 Å². The molecule has 35 heavy (non-hydrogen) atoms. The molecule has 4 rings (SSSR count). The molecular weight excluding hydrogens is 479 g/mol. The normalized spacial score (nSPS) is 20.2. The van der Waals surface area contributed by atoms with Gasteiger partial charge in [-0.05, 0) is 72.3 Å². The number of hydrogen-bond donors (Lipinski definition) is 2. The number of hydrogen-bond acceptors (Lipinski definition) is 4. The van der Waals surface area contributed by atoms with Gasteiger partial charge in [-0.3, -0.25) is 9.78 Å². The second kappa shape index (κ2) is 10.4. The van der Waals surface area contributed by atoms with Crippen LogP contribution in [0.1, 0.15) is 60.1 Å². The van der Waals surface area contributed by atoms with Crippen molar-refractivity contribution in [1.29, 1.82) is 0 Å². The van der Waals surface area contributed by atoms with E-state index in [4.69, 9.17) is 5.73 Å². The molecule has 1 saturated carbocycles.